The van der Waals surface area contributed by atoms with Crippen LogP contribution >= 0.6 is 0 Å². The summed E-state index contributed by atoms with van der Waals surface area (Å²) in [5.74, 6) is -0.439. The van der Waals surface area contributed by atoms with Gasteiger partial charge in [-0.05, 0) is 24.3 Å². The van der Waals surface area contributed by atoms with E-state index in [1.54, 1.807) is 60.5 Å². The number of amides is 1. The van der Waals surface area contributed by atoms with Gasteiger partial charge in [-0.25, -0.2) is 4.68 Å². The molecule has 0 spiro atoms. The molecular formula is C18H16N6O2+2. The Hall–Kier alpha value is -3.81. The van der Waals surface area contributed by atoms with E-state index < -0.39 is 5.91 Å². The van der Waals surface area contributed by atoms with Crippen LogP contribution in [0.3, 0.4) is 0 Å². The monoisotopic (exact) mass is 348 g/mol. The largest absolute Gasteiger partial charge is 0.325 e. The fourth-order valence-electron chi connectivity index (χ4n) is 2.78. The van der Waals surface area contributed by atoms with Gasteiger partial charge >= 0.3 is 11.6 Å². The first kappa shape index (κ1) is 15.7. The molecule has 0 unspecified atom stereocenters. The van der Waals surface area contributed by atoms with Crippen molar-refractivity contribution in [2.45, 2.75) is 6.92 Å². The van der Waals surface area contributed by atoms with Crippen molar-refractivity contribution in [1.82, 2.24) is 9.78 Å². The van der Waals surface area contributed by atoms with E-state index >= 15 is 0 Å². The average Bonchev–Trinajstić information content (AvgIpc) is 3.24. The number of carbonyl (C=O) groups excluding carboxylic acids is 1. The number of nitrogens with one attached hydrogen (secondary N) is 1. The number of pyridine rings is 1. The first-order valence-electron chi connectivity index (χ1n) is 7.89. The molecule has 0 bridgehead atoms. The van der Waals surface area contributed by atoms with E-state index in [-0.39, 0.29) is 5.69 Å². The predicted octanol–water partition coefficient (Wildman–Crippen LogP) is -0.0429. The molecule has 0 atom stereocenters. The molecule has 2 N–H and O–H groups in total. The number of carbonyl (C=O) groups is 1. The van der Waals surface area contributed by atoms with Gasteiger partial charge < -0.3 is 5.32 Å². The van der Waals surface area contributed by atoms with Crippen LogP contribution in [0.2, 0.25) is 0 Å². The van der Waals surface area contributed by atoms with Crippen molar-refractivity contribution in [2.24, 2.45) is 5.10 Å². The van der Waals surface area contributed by atoms with Crippen LogP contribution in [0.4, 0.5) is 5.69 Å². The van der Waals surface area contributed by atoms with E-state index in [0.717, 1.165) is 15.3 Å². The third-order valence-corrected chi connectivity index (χ3v) is 4.06. The normalized spacial score (nSPS) is 12.3. The lowest BCUT2D eigenvalue weighted by Crippen LogP contribution is -2.42. The minimum atomic E-state index is -0.439. The van der Waals surface area contributed by atoms with Gasteiger partial charge in [0.2, 0.25) is 11.9 Å². The zero-order chi connectivity index (χ0) is 18.3. The fourth-order valence-corrected chi connectivity index (χ4v) is 2.78. The summed E-state index contributed by atoms with van der Waals surface area (Å²) in [4.78, 5) is 12.7. The molecule has 4 rings (SSSR count). The number of aromatic nitrogens is 3. The highest BCUT2D eigenvalue weighted by atomic mass is 16.5. The molecule has 1 amide bonds. The zero-order valence-electron chi connectivity index (χ0n) is 14.0. The molecule has 3 aromatic rings. The molecule has 8 heteroatoms. The summed E-state index contributed by atoms with van der Waals surface area (Å²) in [5, 5.41) is 23.0. The van der Waals surface area contributed by atoms with E-state index in [2.05, 4.69) is 22.2 Å². The first-order chi connectivity index (χ1) is 12.5. The van der Waals surface area contributed by atoms with E-state index in [1.807, 2.05) is 6.07 Å². The van der Waals surface area contributed by atoms with Crippen LogP contribution in [-0.4, -0.2) is 32.3 Å². The van der Waals surface area contributed by atoms with Gasteiger partial charge in [-0.3, -0.25) is 10.0 Å². The number of hydrogen-bond acceptors (Lipinski definition) is 4. The lowest BCUT2D eigenvalue weighted by molar-refractivity contribution is -0.909. The van der Waals surface area contributed by atoms with Crippen molar-refractivity contribution in [2.75, 3.05) is 5.32 Å². The topological polar surface area (TPSA) is 86.4 Å². The van der Waals surface area contributed by atoms with Crippen LogP contribution in [0.5, 0.6) is 0 Å². The summed E-state index contributed by atoms with van der Waals surface area (Å²) in [7, 11) is 0. The number of fused-ring (bicyclic) bond motifs is 1. The maximum Gasteiger partial charge on any atom is 0.325 e. The lowest BCUT2D eigenvalue weighted by atomic mass is 10.2. The Morgan fingerprint density at radius 1 is 1.31 bits per heavy atom. The molecule has 0 radical (unpaired) electrons. The quantitative estimate of drug-likeness (QED) is 0.514. The molecule has 0 aliphatic carbocycles. The van der Waals surface area contributed by atoms with Crippen LogP contribution < -0.4 is 20.6 Å². The van der Waals surface area contributed by atoms with E-state index in [9.17, 15) is 10.0 Å². The summed E-state index contributed by atoms with van der Waals surface area (Å²) >= 11 is 0. The molecule has 128 valence electrons. The molecule has 0 saturated carbocycles. The first-order valence-corrected chi connectivity index (χ1v) is 7.89. The summed E-state index contributed by atoms with van der Waals surface area (Å²) in [6.45, 7) is 5.48. The maximum absolute atomic E-state index is 12.7. The van der Waals surface area contributed by atoms with Crippen molar-refractivity contribution in [3.63, 3.8) is 0 Å². The van der Waals surface area contributed by atoms with E-state index in [0.29, 0.717) is 17.1 Å². The van der Waals surface area contributed by atoms with Gasteiger partial charge in [-0.1, -0.05) is 4.68 Å². The van der Waals surface area contributed by atoms with Crippen molar-refractivity contribution in [1.29, 1.82) is 0 Å². The molecule has 3 heterocycles. The molecular weight excluding hydrogens is 332 g/mol. The third kappa shape index (κ3) is 2.63. The molecule has 26 heavy (non-hydrogen) atoms. The van der Waals surface area contributed by atoms with E-state index in [1.165, 1.54) is 4.68 Å². The number of rotatable bonds is 3. The van der Waals surface area contributed by atoms with Crippen LogP contribution in [0.25, 0.3) is 11.9 Å². The highest BCUT2D eigenvalue weighted by molar-refractivity contribution is 6.03. The zero-order valence-corrected chi connectivity index (χ0v) is 14.0. The molecule has 1 aliphatic rings. The van der Waals surface area contributed by atoms with Crippen molar-refractivity contribution in [3.05, 3.63) is 70.8 Å². The smallest absolute Gasteiger partial charge is 0.315 e. The standard InChI is InChI=1S/C18H15N6O2/c1-12-5-3-6-16(24(12)26)18(25)20-15-9-13-11-22(2)21-14(13)10-17(15)23-8-4-7-19-23/h3-11H,2H2,1H3,(H-,20,25,26)/q+1/p+1. The third-order valence-electron chi connectivity index (χ3n) is 4.06. The molecule has 1 aliphatic heterocycles. The summed E-state index contributed by atoms with van der Waals surface area (Å²) in [6, 6.07) is 10.4. The number of benzene rings is 1. The molecule has 8 nitrogen and oxygen atoms in total. The number of aryl methyl sites for hydroxylation is 1. The maximum atomic E-state index is 12.7. The van der Waals surface area contributed by atoms with Gasteiger partial charge in [-0.15, -0.1) is 0 Å². The molecule has 1 aromatic carbocycles. The molecule has 2 aromatic heterocycles. The second kappa shape index (κ2) is 5.92. The van der Waals surface area contributed by atoms with Gasteiger partial charge in [0.1, 0.15) is 5.36 Å². The number of nitrogens with zero attached hydrogens (tertiary/aromatic N) is 5. The van der Waals surface area contributed by atoms with Gasteiger partial charge in [0.05, 0.1) is 16.6 Å². The Morgan fingerprint density at radius 2 is 2.15 bits per heavy atom. The number of hydrogen-bond donors (Lipinski definition) is 2. The van der Waals surface area contributed by atoms with Crippen LogP contribution in [0, 0.1) is 6.92 Å². The van der Waals surface area contributed by atoms with Gasteiger partial charge in [-0.2, -0.15) is 5.10 Å². The van der Waals surface area contributed by atoms with Crippen molar-refractivity contribution in [3.8, 4) is 5.69 Å². The highest BCUT2D eigenvalue weighted by Crippen LogP contribution is 2.17. The Balaban J connectivity index is 1.82. The second-order valence-corrected chi connectivity index (χ2v) is 5.87. The van der Waals surface area contributed by atoms with Crippen LogP contribution in [0.15, 0.2) is 53.9 Å². The van der Waals surface area contributed by atoms with Gasteiger partial charge in [0.15, 0.2) is 6.72 Å². The Kier molecular flexibility index (Phi) is 3.58. The van der Waals surface area contributed by atoms with Crippen molar-refractivity contribution < 1.29 is 19.4 Å². The molecule has 0 fully saturated rings. The van der Waals surface area contributed by atoms with Gasteiger partial charge in [0.25, 0.3) is 0 Å². The lowest BCUT2D eigenvalue weighted by Gasteiger charge is -2.09. The number of anilines is 1. The predicted molar refractivity (Wildman–Crippen MR) is 92.7 cm³/mol. The fraction of sp³-hybridized carbons (Fsp3) is 0.0556. The summed E-state index contributed by atoms with van der Waals surface area (Å²) in [5.41, 5.74) is 1.88. The van der Waals surface area contributed by atoms with Gasteiger partial charge in [0, 0.05) is 41.3 Å². The van der Waals surface area contributed by atoms with Crippen LogP contribution in [-0.2, 0) is 0 Å². The molecule has 0 saturated heterocycles. The van der Waals surface area contributed by atoms with E-state index in [4.69, 9.17) is 0 Å². The summed E-state index contributed by atoms with van der Waals surface area (Å²) in [6.07, 6.45) is 5.19. The Morgan fingerprint density at radius 3 is 2.92 bits per heavy atom. The summed E-state index contributed by atoms with van der Waals surface area (Å²) < 4.78 is 3.96. The van der Waals surface area contributed by atoms with Crippen molar-refractivity contribution >= 4 is 24.5 Å². The minimum absolute atomic E-state index is 0.129. The average molecular weight is 348 g/mol. The second-order valence-electron chi connectivity index (χ2n) is 5.87. The Bertz CT molecular complexity index is 1170. The SMILES string of the molecule is C=[N+]1C=c2cc(NC(=O)c3cccc(C)[n+]3O)c(-n3cccn3)cc2=N1. The highest BCUT2D eigenvalue weighted by Gasteiger charge is 2.23. The van der Waals surface area contributed by atoms with Crippen LogP contribution in [0.1, 0.15) is 16.2 Å². The Labute approximate surface area is 148 Å². The minimum Gasteiger partial charge on any atom is -0.315 e.